The molecule has 1 aromatic heterocycles. The number of likely N-dealkylation sites (N-methyl/N-ethyl adjacent to an activating group) is 1. The topological polar surface area (TPSA) is 61.4 Å². The molecule has 2 aromatic rings. The Morgan fingerprint density at radius 1 is 1.12 bits per heavy atom. The first-order chi connectivity index (χ1) is 12.5. The number of hydrogen-bond acceptors (Lipinski definition) is 4. The smallest absolute Gasteiger partial charge is 0.222 e. The fraction of sp³-hybridized carbons (Fsp3) is 0.400. The fourth-order valence-corrected chi connectivity index (χ4v) is 3.55. The minimum Gasteiger partial charge on any atom is -0.354 e. The lowest BCUT2D eigenvalue weighted by atomic mass is 10.0. The highest BCUT2D eigenvalue weighted by atomic mass is 32.1. The third-order valence-corrected chi connectivity index (χ3v) is 5.22. The monoisotopic (exact) mass is 373 g/mol. The summed E-state index contributed by atoms with van der Waals surface area (Å²) < 4.78 is 0. The van der Waals surface area contributed by atoms with E-state index in [1.165, 1.54) is 12.5 Å². The zero-order valence-electron chi connectivity index (χ0n) is 15.6. The van der Waals surface area contributed by atoms with Gasteiger partial charge in [-0.3, -0.25) is 9.59 Å². The number of nitrogens with zero attached hydrogens (tertiary/aromatic N) is 1. The van der Waals surface area contributed by atoms with E-state index in [9.17, 15) is 9.59 Å². The second-order valence-corrected chi connectivity index (χ2v) is 7.56. The summed E-state index contributed by atoms with van der Waals surface area (Å²) in [4.78, 5) is 27.0. The summed E-state index contributed by atoms with van der Waals surface area (Å²) in [6.45, 7) is 2.04. The molecule has 26 heavy (non-hydrogen) atoms. The molecule has 2 rings (SSSR count). The first kappa shape index (κ1) is 20.1. The summed E-state index contributed by atoms with van der Waals surface area (Å²) in [5.74, 6) is -0.191. The van der Waals surface area contributed by atoms with Crippen molar-refractivity contribution in [3.05, 3.63) is 58.3 Å². The highest BCUT2D eigenvalue weighted by Gasteiger charge is 2.19. The number of benzene rings is 1. The Morgan fingerprint density at radius 3 is 2.42 bits per heavy atom. The van der Waals surface area contributed by atoms with Crippen LogP contribution in [0.4, 0.5) is 0 Å². The van der Waals surface area contributed by atoms with Crippen molar-refractivity contribution in [2.24, 2.45) is 0 Å². The number of amides is 2. The molecular formula is C20H27N3O2S. The van der Waals surface area contributed by atoms with Crippen LogP contribution in [0.15, 0.2) is 47.8 Å². The van der Waals surface area contributed by atoms with Crippen LogP contribution in [-0.4, -0.2) is 43.4 Å². The minimum atomic E-state index is -0.278. The van der Waals surface area contributed by atoms with Crippen molar-refractivity contribution < 1.29 is 9.59 Å². The van der Waals surface area contributed by atoms with Crippen LogP contribution in [-0.2, 0) is 16.0 Å². The number of hydrogen-bond donors (Lipinski definition) is 2. The van der Waals surface area contributed by atoms with Crippen molar-refractivity contribution in [2.45, 2.75) is 31.8 Å². The van der Waals surface area contributed by atoms with Crippen LogP contribution < -0.4 is 10.6 Å². The van der Waals surface area contributed by atoms with Crippen molar-refractivity contribution in [2.75, 3.05) is 20.6 Å². The molecule has 0 fully saturated rings. The van der Waals surface area contributed by atoms with E-state index in [4.69, 9.17) is 0 Å². The molecule has 0 aliphatic heterocycles. The number of thiophene rings is 1. The molecule has 5 nitrogen and oxygen atoms in total. The van der Waals surface area contributed by atoms with Crippen LogP contribution in [0.1, 0.15) is 29.8 Å². The van der Waals surface area contributed by atoms with E-state index in [0.717, 1.165) is 11.3 Å². The lowest BCUT2D eigenvalue weighted by Crippen LogP contribution is -2.42. The van der Waals surface area contributed by atoms with Crippen LogP contribution in [0.5, 0.6) is 0 Å². The molecule has 2 atom stereocenters. The third kappa shape index (κ3) is 6.61. The van der Waals surface area contributed by atoms with Gasteiger partial charge in [0.05, 0.1) is 12.5 Å². The van der Waals surface area contributed by atoms with Gasteiger partial charge in [0.1, 0.15) is 0 Å². The minimum absolute atomic E-state index is 0.0583. The van der Waals surface area contributed by atoms with E-state index in [2.05, 4.69) is 27.7 Å². The molecule has 0 spiro atoms. The van der Waals surface area contributed by atoms with Gasteiger partial charge in [0.15, 0.2) is 0 Å². The Balaban J connectivity index is 1.91. The van der Waals surface area contributed by atoms with Gasteiger partial charge in [-0.05, 0) is 37.5 Å². The van der Waals surface area contributed by atoms with Gasteiger partial charge >= 0.3 is 0 Å². The lowest BCUT2D eigenvalue weighted by Gasteiger charge is -2.25. The number of carbonyl (C=O) groups excluding carboxylic acids is 2. The maximum Gasteiger partial charge on any atom is 0.222 e. The zero-order chi connectivity index (χ0) is 18.9. The predicted octanol–water partition coefficient (Wildman–Crippen LogP) is 2.60. The maximum absolute atomic E-state index is 12.4. The van der Waals surface area contributed by atoms with E-state index >= 15 is 0 Å². The van der Waals surface area contributed by atoms with Gasteiger partial charge in [-0.1, -0.05) is 36.4 Å². The fourth-order valence-electron chi connectivity index (χ4n) is 2.77. The van der Waals surface area contributed by atoms with Gasteiger partial charge in [-0.2, -0.15) is 0 Å². The summed E-state index contributed by atoms with van der Waals surface area (Å²) in [5.41, 5.74) is 1.25. The van der Waals surface area contributed by atoms with Gasteiger partial charge in [0, 0.05) is 24.4 Å². The Hall–Kier alpha value is -2.18. The average molecular weight is 374 g/mol. The van der Waals surface area contributed by atoms with Crippen molar-refractivity contribution in [1.29, 1.82) is 0 Å². The maximum atomic E-state index is 12.4. The van der Waals surface area contributed by atoms with Crippen molar-refractivity contribution >= 4 is 23.2 Å². The second kappa shape index (κ2) is 10.1. The van der Waals surface area contributed by atoms with Gasteiger partial charge < -0.3 is 15.5 Å². The van der Waals surface area contributed by atoms with E-state index in [0.29, 0.717) is 6.54 Å². The normalized spacial score (nSPS) is 13.2. The van der Waals surface area contributed by atoms with E-state index in [1.807, 2.05) is 49.8 Å². The van der Waals surface area contributed by atoms with Gasteiger partial charge in [0.2, 0.25) is 11.8 Å². The molecule has 1 heterocycles. The van der Waals surface area contributed by atoms with Crippen LogP contribution in [0.3, 0.4) is 0 Å². The third-order valence-electron chi connectivity index (χ3n) is 4.23. The quantitative estimate of drug-likeness (QED) is 0.710. The van der Waals surface area contributed by atoms with Gasteiger partial charge in [-0.25, -0.2) is 0 Å². The van der Waals surface area contributed by atoms with Crippen molar-refractivity contribution in [1.82, 2.24) is 15.5 Å². The average Bonchev–Trinajstić information content (AvgIpc) is 3.13. The summed E-state index contributed by atoms with van der Waals surface area (Å²) in [6.07, 6.45) is 1.11. The molecule has 1 aromatic carbocycles. The predicted molar refractivity (Wildman–Crippen MR) is 106 cm³/mol. The van der Waals surface area contributed by atoms with Crippen molar-refractivity contribution in [3.63, 3.8) is 0 Å². The molecule has 0 aliphatic rings. The molecule has 140 valence electrons. The molecule has 0 bridgehead atoms. The first-order valence-corrected chi connectivity index (χ1v) is 9.61. The Labute approximate surface area is 159 Å². The van der Waals surface area contributed by atoms with Crippen LogP contribution in [0.2, 0.25) is 0 Å². The van der Waals surface area contributed by atoms with Crippen molar-refractivity contribution in [3.8, 4) is 0 Å². The van der Waals surface area contributed by atoms with Gasteiger partial charge in [-0.15, -0.1) is 11.3 Å². The molecule has 0 saturated heterocycles. The highest BCUT2D eigenvalue weighted by molar-refractivity contribution is 7.10. The van der Waals surface area contributed by atoms with Gasteiger partial charge in [0.25, 0.3) is 0 Å². The first-order valence-electron chi connectivity index (χ1n) is 8.73. The second-order valence-electron chi connectivity index (χ2n) is 6.58. The zero-order valence-corrected chi connectivity index (χ0v) is 16.4. The lowest BCUT2D eigenvalue weighted by molar-refractivity contribution is -0.122. The summed E-state index contributed by atoms with van der Waals surface area (Å²) >= 11 is 1.54. The SMILES string of the molecule is CC(=O)NC(CC(=O)NCC(Cc1ccccc1)N(C)C)c1cccs1. The number of nitrogens with one attached hydrogen (secondary N) is 2. The molecule has 2 N–H and O–H groups in total. The number of rotatable bonds is 9. The summed E-state index contributed by atoms with van der Waals surface area (Å²) in [7, 11) is 4.04. The molecule has 6 heteroatoms. The largest absolute Gasteiger partial charge is 0.354 e. The Bertz CT molecular complexity index is 686. The summed E-state index contributed by atoms with van der Waals surface area (Å²) in [5, 5.41) is 7.83. The molecule has 2 amide bonds. The summed E-state index contributed by atoms with van der Waals surface area (Å²) in [6, 6.07) is 14.1. The number of carbonyl (C=O) groups is 2. The van der Waals surface area contributed by atoms with E-state index < -0.39 is 0 Å². The van der Waals surface area contributed by atoms with Crippen LogP contribution in [0, 0.1) is 0 Å². The van der Waals surface area contributed by atoms with E-state index in [1.54, 1.807) is 11.3 Å². The Morgan fingerprint density at radius 2 is 1.85 bits per heavy atom. The molecule has 2 unspecified atom stereocenters. The molecule has 0 aliphatic carbocycles. The highest BCUT2D eigenvalue weighted by Crippen LogP contribution is 2.22. The Kier molecular flexibility index (Phi) is 7.81. The standard InChI is InChI=1S/C20H27N3O2S/c1-15(24)22-18(19-10-7-11-26-19)13-20(25)21-14-17(23(2)3)12-16-8-5-4-6-9-16/h4-11,17-18H,12-14H2,1-3H3,(H,21,25)(H,22,24). The van der Waals surface area contributed by atoms with Crippen LogP contribution in [0.25, 0.3) is 0 Å². The molecule has 0 saturated carbocycles. The van der Waals surface area contributed by atoms with E-state index in [-0.39, 0.29) is 30.3 Å². The van der Waals surface area contributed by atoms with Crippen LogP contribution >= 0.6 is 11.3 Å². The molecular weight excluding hydrogens is 346 g/mol. The molecule has 0 radical (unpaired) electrons.